The molecule has 2 aliphatic carbocycles. The molecule has 0 heterocycles. The van der Waals surface area contributed by atoms with Crippen molar-refractivity contribution in [2.75, 3.05) is 13.2 Å². The van der Waals surface area contributed by atoms with Crippen molar-refractivity contribution in [1.82, 2.24) is 4.90 Å². The summed E-state index contributed by atoms with van der Waals surface area (Å²) in [5.41, 5.74) is 0. The molecule has 2 aliphatic rings. The number of hydrogen-bond donors (Lipinski definition) is 2. The Morgan fingerprint density at radius 2 is 1.50 bits per heavy atom. The van der Waals surface area contributed by atoms with Crippen LogP contribution in [0.4, 0.5) is 0 Å². The molecule has 2 rings (SSSR count). The fourth-order valence-corrected chi connectivity index (χ4v) is 3.62. The maximum Gasteiger partial charge on any atom is 0.306 e. The Morgan fingerprint density at radius 3 is 2.00 bits per heavy atom. The number of nitrogens with zero attached hydrogens (tertiary/aromatic N) is 1. The summed E-state index contributed by atoms with van der Waals surface area (Å²) in [4.78, 5) is 25.4. The minimum absolute atomic E-state index is 0.00666. The van der Waals surface area contributed by atoms with Crippen LogP contribution in [0.2, 0.25) is 0 Å². The van der Waals surface area contributed by atoms with E-state index in [0.29, 0.717) is 32.2 Å². The summed E-state index contributed by atoms with van der Waals surface area (Å²) in [6, 6.07) is 0.284. The van der Waals surface area contributed by atoms with Crippen LogP contribution in [0.1, 0.15) is 51.4 Å². The standard InChI is InChI=1S/C15H25NO4/c17-10-9-16(13-3-1-2-4-13)14(18)11-5-7-12(8-6-11)15(19)20/h11-13,17H,1-10H2,(H,19,20). The van der Waals surface area contributed by atoms with Crippen molar-refractivity contribution >= 4 is 11.9 Å². The lowest BCUT2D eigenvalue weighted by molar-refractivity contribution is -0.146. The second-order valence-electron chi connectivity index (χ2n) is 6.08. The van der Waals surface area contributed by atoms with Crippen LogP contribution in [0.15, 0.2) is 0 Å². The van der Waals surface area contributed by atoms with E-state index in [1.165, 1.54) is 0 Å². The summed E-state index contributed by atoms with van der Waals surface area (Å²) >= 11 is 0. The molecule has 0 atom stereocenters. The predicted molar refractivity (Wildman–Crippen MR) is 74.1 cm³/mol. The topological polar surface area (TPSA) is 77.8 Å². The second-order valence-corrected chi connectivity index (χ2v) is 6.08. The van der Waals surface area contributed by atoms with Gasteiger partial charge in [-0.3, -0.25) is 9.59 Å². The molecule has 114 valence electrons. The third kappa shape index (κ3) is 3.51. The van der Waals surface area contributed by atoms with Gasteiger partial charge in [0.2, 0.25) is 5.91 Å². The van der Waals surface area contributed by atoms with Gasteiger partial charge in [0.25, 0.3) is 0 Å². The van der Waals surface area contributed by atoms with Crippen LogP contribution < -0.4 is 0 Å². The molecule has 20 heavy (non-hydrogen) atoms. The zero-order valence-electron chi connectivity index (χ0n) is 12.0. The predicted octanol–water partition coefficient (Wildman–Crippen LogP) is 1.64. The summed E-state index contributed by atoms with van der Waals surface area (Å²) in [7, 11) is 0. The van der Waals surface area contributed by atoms with E-state index in [4.69, 9.17) is 5.11 Å². The molecule has 0 aromatic carbocycles. The molecule has 2 fully saturated rings. The number of carboxylic acid groups (broad SMARTS) is 1. The highest BCUT2D eigenvalue weighted by molar-refractivity contribution is 5.80. The van der Waals surface area contributed by atoms with Crippen LogP contribution in [0, 0.1) is 11.8 Å². The van der Waals surface area contributed by atoms with Gasteiger partial charge in [0.05, 0.1) is 12.5 Å². The molecule has 5 heteroatoms. The van der Waals surface area contributed by atoms with Gasteiger partial charge < -0.3 is 15.1 Å². The van der Waals surface area contributed by atoms with E-state index in [1.807, 2.05) is 4.90 Å². The number of hydrogen-bond acceptors (Lipinski definition) is 3. The van der Waals surface area contributed by atoms with Crippen LogP contribution in [0.3, 0.4) is 0 Å². The van der Waals surface area contributed by atoms with Gasteiger partial charge in [-0.05, 0) is 38.5 Å². The zero-order valence-corrected chi connectivity index (χ0v) is 12.0. The van der Waals surface area contributed by atoms with Crippen LogP contribution in [0.5, 0.6) is 0 Å². The fraction of sp³-hybridized carbons (Fsp3) is 0.867. The fourth-order valence-electron chi connectivity index (χ4n) is 3.62. The Kier molecular flexibility index (Phi) is 5.40. The minimum Gasteiger partial charge on any atom is -0.481 e. The van der Waals surface area contributed by atoms with Gasteiger partial charge in [-0.1, -0.05) is 12.8 Å². The molecule has 0 radical (unpaired) electrons. The maximum absolute atomic E-state index is 12.6. The number of rotatable bonds is 5. The Bertz CT molecular complexity index is 344. The Balaban J connectivity index is 1.92. The van der Waals surface area contributed by atoms with Crippen LogP contribution in [-0.4, -0.2) is 46.2 Å². The van der Waals surface area contributed by atoms with E-state index in [1.54, 1.807) is 0 Å². The largest absolute Gasteiger partial charge is 0.481 e. The van der Waals surface area contributed by atoms with Crippen LogP contribution in [-0.2, 0) is 9.59 Å². The Hall–Kier alpha value is -1.10. The van der Waals surface area contributed by atoms with Gasteiger partial charge in [0.1, 0.15) is 0 Å². The van der Waals surface area contributed by atoms with Crippen molar-refractivity contribution < 1.29 is 19.8 Å². The van der Waals surface area contributed by atoms with Crippen molar-refractivity contribution in [1.29, 1.82) is 0 Å². The van der Waals surface area contributed by atoms with Crippen molar-refractivity contribution in [3.05, 3.63) is 0 Å². The monoisotopic (exact) mass is 283 g/mol. The summed E-state index contributed by atoms with van der Waals surface area (Å²) in [6.07, 6.45) is 6.94. The average Bonchev–Trinajstić information content (AvgIpc) is 2.98. The first-order valence-electron chi connectivity index (χ1n) is 7.77. The van der Waals surface area contributed by atoms with E-state index < -0.39 is 5.97 Å². The highest BCUT2D eigenvalue weighted by Crippen LogP contribution is 2.32. The second kappa shape index (κ2) is 7.07. The van der Waals surface area contributed by atoms with Crippen LogP contribution >= 0.6 is 0 Å². The SMILES string of the molecule is O=C(O)C1CCC(C(=O)N(CCO)C2CCCC2)CC1. The lowest BCUT2D eigenvalue weighted by Gasteiger charge is -2.34. The highest BCUT2D eigenvalue weighted by Gasteiger charge is 2.34. The number of carboxylic acids is 1. The lowest BCUT2D eigenvalue weighted by Crippen LogP contribution is -2.45. The molecular weight excluding hydrogens is 258 g/mol. The first-order valence-corrected chi connectivity index (χ1v) is 7.77. The molecule has 0 aromatic heterocycles. The number of aliphatic carboxylic acids is 1. The normalized spacial score (nSPS) is 27.4. The maximum atomic E-state index is 12.6. The van der Waals surface area contributed by atoms with Crippen molar-refractivity contribution in [3.63, 3.8) is 0 Å². The smallest absolute Gasteiger partial charge is 0.306 e. The molecule has 0 bridgehead atoms. The van der Waals surface area contributed by atoms with Gasteiger partial charge in [0.15, 0.2) is 0 Å². The van der Waals surface area contributed by atoms with Gasteiger partial charge in [0, 0.05) is 18.5 Å². The highest BCUT2D eigenvalue weighted by atomic mass is 16.4. The zero-order chi connectivity index (χ0) is 14.5. The molecule has 2 N–H and O–H groups in total. The van der Waals surface area contributed by atoms with Gasteiger partial charge in [-0.2, -0.15) is 0 Å². The first kappa shape index (κ1) is 15.3. The molecule has 5 nitrogen and oxygen atoms in total. The quantitative estimate of drug-likeness (QED) is 0.804. The Morgan fingerprint density at radius 1 is 0.950 bits per heavy atom. The molecule has 0 unspecified atom stereocenters. The summed E-state index contributed by atoms with van der Waals surface area (Å²) in [5.74, 6) is -0.928. The number of amides is 1. The minimum atomic E-state index is -0.737. The number of aliphatic hydroxyl groups is 1. The molecule has 1 amide bonds. The van der Waals surface area contributed by atoms with E-state index in [2.05, 4.69) is 0 Å². The van der Waals surface area contributed by atoms with Crippen molar-refractivity contribution in [3.8, 4) is 0 Å². The number of carbonyl (C=O) groups is 2. The first-order chi connectivity index (χ1) is 9.63. The summed E-state index contributed by atoms with van der Waals surface area (Å²) in [5, 5.41) is 18.2. The number of carbonyl (C=O) groups excluding carboxylic acids is 1. The lowest BCUT2D eigenvalue weighted by atomic mass is 9.81. The molecule has 0 aliphatic heterocycles. The molecule has 0 spiro atoms. The molecule has 2 saturated carbocycles. The van der Waals surface area contributed by atoms with Gasteiger partial charge >= 0.3 is 5.97 Å². The van der Waals surface area contributed by atoms with E-state index in [9.17, 15) is 14.7 Å². The van der Waals surface area contributed by atoms with Crippen molar-refractivity contribution in [2.45, 2.75) is 57.4 Å². The van der Waals surface area contributed by atoms with Crippen LogP contribution in [0.25, 0.3) is 0 Å². The van der Waals surface area contributed by atoms with E-state index in [-0.39, 0.29) is 30.4 Å². The Labute approximate surface area is 120 Å². The van der Waals surface area contributed by atoms with Gasteiger partial charge in [-0.15, -0.1) is 0 Å². The van der Waals surface area contributed by atoms with Gasteiger partial charge in [-0.25, -0.2) is 0 Å². The van der Waals surface area contributed by atoms with E-state index in [0.717, 1.165) is 25.7 Å². The van der Waals surface area contributed by atoms with E-state index >= 15 is 0 Å². The third-order valence-corrected chi connectivity index (χ3v) is 4.82. The number of aliphatic hydroxyl groups excluding tert-OH is 1. The third-order valence-electron chi connectivity index (χ3n) is 4.82. The average molecular weight is 283 g/mol. The van der Waals surface area contributed by atoms with Crippen molar-refractivity contribution in [2.24, 2.45) is 11.8 Å². The molecular formula is C15H25NO4. The summed E-state index contributed by atoms with van der Waals surface area (Å²) in [6.45, 7) is 0.426. The summed E-state index contributed by atoms with van der Waals surface area (Å²) < 4.78 is 0. The molecule has 0 aromatic rings. The molecule has 0 saturated heterocycles.